The van der Waals surface area contributed by atoms with Crippen LogP contribution in [0.4, 0.5) is 0 Å². The van der Waals surface area contributed by atoms with Gasteiger partial charge in [-0.1, -0.05) is 26.0 Å². The molecule has 0 spiro atoms. The molecule has 1 fully saturated rings. The maximum Gasteiger partial charge on any atom is 0.289 e. The van der Waals surface area contributed by atoms with Gasteiger partial charge in [-0.3, -0.25) is 14.3 Å². The number of carbonyl (C=O) groups is 1. The summed E-state index contributed by atoms with van der Waals surface area (Å²) in [5.41, 5.74) is 2.90. The number of phenols is 2. The first-order valence-electron chi connectivity index (χ1n) is 12.0. The van der Waals surface area contributed by atoms with Gasteiger partial charge >= 0.3 is 0 Å². The predicted molar refractivity (Wildman–Crippen MR) is 133 cm³/mol. The van der Waals surface area contributed by atoms with Crippen molar-refractivity contribution in [1.82, 2.24) is 25.0 Å². The van der Waals surface area contributed by atoms with Crippen LogP contribution < -0.4 is 5.32 Å². The van der Waals surface area contributed by atoms with Crippen molar-refractivity contribution in [2.24, 2.45) is 0 Å². The topological polar surface area (TPSA) is 113 Å². The summed E-state index contributed by atoms with van der Waals surface area (Å²) < 4.78 is 7.08. The van der Waals surface area contributed by atoms with Crippen LogP contribution in [-0.2, 0) is 11.3 Å². The first-order valence-corrected chi connectivity index (χ1v) is 12.0. The SMILES string of the molecule is CC(C)NC(=O)c1nnc(-c2cc(C(C)C)c(O)cc2O)n1-c1ccc(CN2CCOCC2)cc1. The van der Waals surface area contributed by atoms with Crippen LogP contribution in [0.1, 0.15) is 55.4 Å². The molecule has 0 radical (unpaired) electrons. The van der Waals surface area contributed by atoms with Gasteiger partial charge in [0.25, 0.3) is 5.91 Å². The van der Waals surface area contributed by atoms with Gasteiger partial charge in [0.1, 0.15) is 11.5 Å². The maximum absolute atomic E-state index is 13.0. The summed E-state index contributed by atoms with van der Waals surface area (Å²) in [5, 5.41) is 32.3. The fourth-order valence-electron chi connectivity index (χ4n) is 4.18. The average molecular weight is 480 g/mol. The lowest BCUT2D eigenvalue weighted by atomic mass is 9.98. The molecular formula is C26H33N5O4. The van der Waals surface area contributed by atoms with Gasteiger partial charge < -0.3 is 20.3 Å². The fourth-order valence-corrected chi connectivity index (χ4v) is 4.18. The van der Waals surface area contributed by atoms with Crippen LogP contribution in [0.15, 0.2) is 36.4 Å². The van der Waals surface area contributed by atoms with Crippen LogP contribution in [0.3, 0.4) is 0 Å². The minimum atomic E-state index is -0.363. The lowest BCUT2D eigenvalue weighted by Gasteiger charge is -2.26. The molecule has 0 atom stereocenters. The quantitative estimate of drug-likeness (QED) is 0.476. The molecule has 1 saturated heterocycles. The van der Waals surface area contributed by atoms with Gasteiger partial charge in [0.05, 0.1) is 18.8 Å². The van der Waals surface area contributed by atoms with Crippen molar-refractivity contribution in [3.05, 3.63) is 53.3 Å². The number of aromatic nitrogens is 3. The van der Waals surface area contributed by atoms with Crippen LogP contribution in [0.5, 0.6) is 11.5 Å². The van der Waals surface area contributed by atoms with Crippen LogP contribution in [0.25, 0.3) is 17.1 Å². The molecule has 3 aromatic rings. The highest BCUT2D eigenvalue weighted by Crippen LogP contribution is 2.38. The van der Waals surface area contributed by atoms with E-state index in [1.165, 1.54) is 6.07 Å². The standard InChI is InChI=1S/C26H33N5O4/c1-16(2)20-13-21(23(33)14-22(20)32)24-28-29-25(26(34)27-17(3)4)31(24)19-7-5-18(6-8-19)15-30-9-11-35-12-10-30/h5-8,13-14,16-17,32-33H,9-12,15H2,1-4H3,(H,27,34). The third-order valence-corrected chi connectivity index (χ3v) is 6.00. The Morgan fingerprint density at radius 2 is 1.71 bits per heavy atom. The number of benzene rings is 2. The zero-order chi connectivity index (χ0) is 25.1. The van der Waals surface area contributed by atoms with Gasteiger partial charge in [0.2, 0.25) is 5.82 Å². The molecule has 1 aliphatic heterocycles. The van der Waals surface area contributed by atoms with Crippen molar-refractivity contribution in [3.63, 3.8) is 0 Å². The van der Waals surface area contributed by atoms with Crippen LogP contribution in [0.2, 0.25) is 0 Å². The maximum atomic E-state index is 13.0. The number of nitrogens with zero attached hydrogens (tertiary/aromatic N) is 4. The summed E-state index contributed by atoms with van der Waals surface area (Å²) in [5.74, 6) is -0.0299. The second kappa shape index (κ2) is 10.5. The smallest absolute Gasteiger partial charge is 0.289 e. The van der Waals surface area contributed by atoms with Gasteiger partial charge in [0, 0.05) is 37.4 Å². The molecule has 9 nitrogen and oxygen atoms in total. The minimum Gasteiger partial charge on any atom is -0.508 e. The average Bonchev–Trinajstić information content (AvgIpc) is 3.25. The first-order chi connectivity index (χ1) is 16.7. The van der Waals surface area contributed by atoms with E-state index in [9.17, 15) is 15.0 Å². The van der Waals surface area contributed by atoms with E-state index in [1.807, 2.05) is 52.0 Å². The monoisotopic (exact) mass is 479 g/mol. The molecule has 0 bridgehead atoms. The van der Waals surface area contributed by atoms with E-state index in [1.54, 1.807) is 10.6 Å². The number of amides is 1. The number of carbonyl (C=O) groups excluding carboxylic acids is 1. The molecule has 3 N–H and O–H groups in total. The molecule has 2 aromatic carbocycles. The highest BCUT2D eigenvalue weighted by Gasteiger charge is 2.25. The van der Waals surface area contributed by atoms with E-state index < -0.39 is 0 Å². The molecule has 35 heavy (non-hydrogen) atoms. The van der Waals surface area contributed by atoms with Gasteiger partial charge in [-0.15, -0.1) is 10.2 Å². The number of rotatable bonds is 7. The Morgan fingerprint density at radius 3 is 2.34 bits per heavy atom. The number of hydrogen-bond donors (Lipinski definition) is 3. The second-order valence-corrected chi connectivity index (χ2v) is 9.45. The van der Waals surface area contributed by atoms with Gasteiger partial charge in [-0.2, -0.15) is 0 Å². The highest BCUT2D eigenvalue weighted by atomic mass is 16.5. The number of morpholine rings is 1. The first kappa shape index (κ1) is 24.7. The van der Waals surface area contributed by atoms with Crippen molar-refractivity contribution in [2.75, 3.05) is 26.3 Å². The summed E-state index contributed by atoms with van der Waals surface area (Å²) in [6.45, 7) is 11.8. The Hall–Kier alpha value is -3.43. The van der Waals surface area contributed by atoms with E-state index in [-0.39, 0.29) is 35.2 Å². The van der Waals surface area contributed by atoms with Crippen molar-refractivity contribution < 1.29 is 19.7 Å². The van der Waals surface area contributed by atoms with Crippen LogP contribution >= 0.6 is 0 Å². The van der Waals surface area contributed by atoms with Gasteiger partial charge in [-0.25, -0.2) is 0 Å². The second-order valence-electron chi connectivity index (χ2n) is 9.45. The summed E-state index contributed by atoms with van der Waals surface area (Å²) in [7, 11) is 0. The van der Waals surface area contributed by atoms with Crippen LogP contribution in [-0.4, -0.2) is 68.1 Å². The molecular weight excluding hydrogens is 446 g/mol. The Balaban J connectivity index is 1.77. The van der Waals surface area contributed by atoms with E-state index in [0.29, 0.717) is 22.6 Å². The van der Waals surface area contributed by atoms with Crippen LogP contribution in [0, 0.1) is 0 Å². The molecule has 2 heterocycles. The third-order valence-electron chi connectivity index (χ3n) is 6.00. The van der Waals surface area contributed by atoms with Crippen molar-refractivity contribution >= 4 is 5.91 Å². The number of aromatic hydroxyl groups is 2. The summed E-state index contributed by atoms with van der Waals surface area (Å²) in [6, 6.07) is 10.8. The molecule has 0 unspecified atom stereocenters. The predicted octanol–water partition coefficient (Wildman–Crippen LogP) is 3.44. The van der Waals surface area contributed by atoms with E-state index in [2.05, 4.69) is 20.4 Å². The molecule has 1 amide bonds. The Kier molecular flexibility index (Phi) is 7.37. The van der Waals surface area contributed by atoms with E-state index >= 15 is 0 Å². The number of nitrogens with one attached hydrogen (secondary N) is 1. The van der Waals surface area contributed by atoms with Crippen molar-refractivity contribution in [3.8, 4) is 28.6 Å². The summed E-state index contributed by atoms with van der Waals surface area (Å²) in [6.07, 6.45) is 0. The Labute approximate surface area is 205 Å². The minimum absolute atomic E-state index is 0.0116. The van der Waals surface area contributed by atoms with Crippen molar-refractivity contribution in [2.45, 2.75) is 46.2 Å². The van der Waals surface area contributed by atoms with Gasteiger partial charge in [-0.05, 0) is 49.1 Å². The number of phenolic OH excluding ortho intramolecular Hbond substituents is 2. The highest BCUT2D eigenvalue weighted by molar-refractivity contribution is 5.92. The normalized spacial score (nSPS) is 14.6. The molecule has 186 valence electrons. The third kappa shape index (κ3) is 5.47. The van der Waals surface area contributed by atoms with E-state index in [4.69, 9.17) is 4.74 Å². The molecule has 1 aromatic heterocycles. The lowest BCUT2D eigenvalue weighted by molar-refractivity contribution is 0.0342. The molecule has 0 saturated carbocycles. The molecule has 1 aliphatic rings. The molecule has 0 aliphatic carbocycles. The lowest BCUT2D eigenvalue weighted by Crippen LogP contribution is -2.35. The van der Waals surface area contributed by atoms with Gasteiger partial charge in [0.15, 0.2) is 5.82 Å². The zero-order valence-electron chi connectivity index (χ0n) is 20.7. The zero-order valence-corrected chi connectivity index (χ0v) is 20.7. The van der Waals surface area contributed by atoms with E-state index in [0.717, 1.165) is 38.4 Å². The van der Waals surface area contributed by atoms with Crippen molar-refractivity contribution in [1.29, 1.82) is 0 Å². The summed E-state index contributed by atoms with van der Waals surface area (Å²) >= 11 is 0. The number of hydrogen-bond acceptors (Lipinski definition) is 7. The largest absolute Gasteiger partial charge is 0.508 e. The molecule has 4 rings (SSSR count). The summed E-state index contributed by atoms with van der Waals surface area (Å²) in [4.78, 5) is 15.3. The fraction of sp³-hybridized carbons (Fsp3) is 0.423. The Bertz CT molecular complexity index is 1180. The Morgan fingerprint density at radius 1 is 1.03 bits per heavy atom. The number of ether oxygens (including phenoxy) is 1. The molecule has 9 heteroatoms.